The molecule has 0 saturated carbocycles. The molecule has 0 amide bonds. The number of benzene rings is 1. The number of ether oxygens (including phenoxy) is 1. The zero-order chi connectivity index (χ0) is 22.2. The van der Waals surface area contributed by atoms with Crippen LogP contribution in [0.25, 0.3) is 6.08 Å². The third-order valence-corrected chi connectivity index (χ3v) is 5.37. The molecular formula is C25H40O5. The summed E-state index contributed by atoms with van der Waals surface area (Å²) in [5.74, 6) is -0.320. The minimum atomic E-state index is -1.01. The number of esters is 1. The summed E-state index contributed by atoms with van der Waals surface area (Å²) in [6, 6.07) is 7.62. The number of unbranched alkanes of at least 4 members (excludes halogenated alkanes) is 6. The van der Waals surface area contributed by atoms with Crippen molar-refractivity contribution in [1.29, 1.82) is 0 Å². The number of aliphatic hydroxyl groups excluding tert-OH is 3. The Morgan fingerprint density at radius 3 is 2.40 bits per heavy atom. The Balaban J connectivity index is 2.41. The summed E-state index contributed by atoms with van der Waals surface area (Å²) >= 11 is 0. The number of aliphatic hydroxyl groups is 3. The Labute approximate surface area is 181 Å². The van der Waals surface area contributed by atoms with Gasteiger partial charge in [0.15, 0.2) is 0 Å². The van der Waals surface area contributed by atoms with Gasteiger partial charge in [0, 0.05) is 6.42 Å². The fourth-order valence-electron chi connectivity index (χ4n) is 3.40. The van der Waals surface area contributed by atoms with E-state index in [1.807, 2.05) is 24.3 Å². The van der Waals surface area contributed by atoms with E-state index in [1.54, 1.807) is 12.2 Å². The zero-order valence-corrected chi connectivity index (χ0v) is 18.6. The second kappa shape index (κ2) is 16.1. The van der Waals surface area contributed by atoms with Crippen molar-refractivity contribution < 1.29 is 24.9 Å². The number of hydrogen-bond acceptors (Lipinski definition) is 5. The van der Waals surface area contributed by atoms with Gasteiger partial charge in [-0.15, -0.1) is 0 Å². The van der Waals surface area contributed by atoms with Crippen molar-refractivity contribution in [1.82, 2.24) is 0 Å². The van der Waals surface area contributed by atoms with E-state index in [-0.39, 0.29) is 12.4 Å². The van der Waals surface area contributed by atoms with E-state index < -0.39 is 18.3 Å². The smallest absolute Gasteiger partial charge is 0.305 e. The molecule has 0 aliphatic rings. The third kappa shape index (κ3) is 11.5. The van der Waals surface area contributed by atoms with Crippen molar-refractivity contribution in [2.24, 2.45) is 0 Å². The molecular weight excluding hydrogens is 380 g/mol. The predicted octanol–water partition coefficient (Wildman–Crippen LogP) is 4.94. The van der Waals surface area contributed by atoms with E-state index in [0.29, 0.717) is 12.8 Å². The highest BCUT2D eigenvalue weighted by molar-refractivity contribution is 5.69. The highest BCUT2D eigenvalue weighted by Crippen LogP contribution is 2.22. The Hall–Kier alpha value is -1.69. The molecule has 0 aliphatic carbocycles. The summed E-state index contributed by atoms with van der Waals surface area (Å²) in [5, 5.41) is 30.6. The normalized spacial score (nSPS) is 14.6. The van der Waals surface area contributed by atoms with Gasteiger partial charge < -0.3 is 20.1 Å². The molecule has 0 aliphatic heterocycles. The van der Waals surface area contributed by atoms with Gasteiger partial charge in [-0.25, -0.2) is 0 Å². The minimum absolute atomic E-state index is 0.225. The molecule has 0 fully saturated rings. The van der Waals surface area contributed by atoms with E-state index in [2.05, 4.69) is 11.7 Å². The van der Waals surface area contributed by atoms with Gasteiger partial charge in [-0.05, 0) is 36.5 Å². The van der Waals surface area contributed by atoms with Crippen LogP contribution in [-0.2, 0) is 9.53 Å². The molecule has 0 bridgehead atoms. The van der Waals surface area contributed by atoms with Crippen LogP contribution in [-0.4, -0.2) is 40.6 Å². The van der Waals surface area contributed by atoms with Crippen molar-refractivity contribution in [3.05, 3.63) is 41.5 Å². The fourth-order valence-corrected chi connectivity index (χ4v) is 3.40. The summed E-state index contributed by atoms with van der Waals surface area (Å²) < 4.78 is 4.56. The van der Waals surface area contributed by atoms with Gasteiger partial charge in [0.25, 0.3) is 0 Å². The standard InChI is InChI=1S/C25H40O5/c1-3-4-5-6-7-8-9-14-22(26)21-13-10-12-20(19-21)17-18-24(28)23(27)15-11-16-25(29)30-2/h10,12-13,17-19,22-24,26-28H,3-9,11,14-16H2,1-2H3/b18-17+/t22-,23-,24+/m0/s1. The average molecular weight is 421 g/mol. The molecule has 5 heteroatoms. The van der Waals surface area contributed by atoms with Crippen LogP contribution < -0.4 is 0 Å². The van der Waals surface area contributed by atoms with Crippen molar-refractivity contribution in [2.75, 3.05) is 7.11 Å². The van der Waals surface area contributed by atoms with Crippen LogP contribution in [0.2, 0.25) is 0 Å². The van der Waals surface area contributed by atoms with Crippen molar-refractivity contribution in [2.45, 2.75) is 95.9 Å². The number of carbonyl (C=O) groups is 1. The number of rotatable bonds is 16. The molecule has 0 aromatic heterocycles. The van der Waals surface area contributed by atoms with Gasteiger partial charge >= 0.3 is 5.97 Å². The first kappa shape index (κ1) is 26.3. The van der Waals surface area contributed by atoms with Crippen LogP contribution in [0.3, 0.4) is 0 Å². The monoisotopic (exact) mass is 420 g/mol. The molecule has 1 rings (SSSR count). The summed E-state index contributed by atoms with van der Waals surface area (Å²) in [5.41, 5.74) is 1.74. The maximum atomic E-state index is 11.1. The second-order valence-electron chi connectivity index (χ2n) is 7.98. The van der Waals surface area contributed by atoms with E-state index in [1.165, 1.54) is 39.2 Å². The molecule has 0 heterocycles. The lowest BCUT2D eigenvalue weighted by Crippen LogP contribution is -2.23. The van der Waals surface area contributed by atoms with Crippen LogP contribution in [0.15, 0.2) is 30.3 Å². The third-order valence-electron chi connectivity index (χ3n) is 5.37. The first-order chi connectivity index (χ1) is 14.5. The second-order valence-corrected chi connectivity index (χ2v) is 7.98. The molecule has 3 N–H and O–H groups in total. The first-order valence-corrected chi connectivity index (χ1v) is 11.4. The molecule has 0 radical (unpaired) electrons. The number of carbonyl (C=O) groups excluding carboxylic acids is 1. The summed E-state index contributed by atoms with van der Waals surface area (Å²) in [7, 11) is 1.33. The number of methoxy groups -OCH3 is 1. The Kier molecular flexibility index (Phi) is 14.1. The quantitative estimate of drug-likeness (QED) is 0.260. The van der Waals surface area contributed by atoms with Crippen LogP contribution in [0, 0.1) is 0 Å². The van der Waals surface area contributed by atoms with Crippen molar-refractivity contribution >= 4 is 12.0 Å². The maximum absolute atomic E-state index is 11.1. The molecule has 0 saturated heterocycles. The highest BCUT2D eigenvalue weighted by atomic mass is 16.5. The highest BCUT2D eigenvalue weighted by Gasteiger charge is 2.14. The predicted molar refractivity (Wildman–Crippen MR) is 121 cm³/mol. The molecule has 1 aromatic carbocycles. The minimum Gasteiger partial charge on any atom is -0.469 e. The van der Waals surface area contributed by atoms with Crippen LogP contribution in [0.5, 0.6) is 0 Å². The molecule has 5 nitrogen and oxygen atoms in total. The van der Waals surface area contributed by atoms with E-state index in [4.69, 9.17) is 0 Å². The Morgan fingerprint density at radius 1 is 1.00 bits per heavy atom. The SMILES string of the molecule is CCCCCCCCC[C@H](O)c1cccc(/C=C/[C@@H](O)[C@@H](O)CCCC(=O)OC)c1. The molecule has 0 spiro atoms. The van der Waals surface area contributed by atoms with Crippen LogP contribution in [0.1, 0.15) is 94.8 Å². The zero-order valence-electron chi connectivity index (χ0n) is 18.6. The average Bonchev–Trinajstić information content (AvgIpc) is 2.76. The lowest BCUT2D eigenvalue weighted by atomic mass is 9.99. The summed E-state index contributed by atoms with van der Waals surface area (Å²) in [6.45, 7) is 2.22. The van der Waals surface area contributed by atoms with Crippen molar-refractivity contribution in [3.63, 3.8) is 0 Å². The first-order valence-electron chi connectivity index (χ1n) is 11.4. The van der Waals surface area contributed by atoms with Gasteiger partial charge in [0.2, 0.25) is 0 Å². The van der Waals surface area contributed by atoms with Gasteiger partial charge in [-0.2, -0.15) is 0 Å². The lowest BCUT2D eigenvalue weighted by Gasteiger charge is -2.14. The molecule has 30 heavy (non-hydrogen) atoms. The van der Waals surface area contributed by atoms with Crippen LogP contribution >= 0.6 is 0 Å². The number of hydrogen-bond donors (Lipinski definition) is 3. The molecule has 1 aromatic rings. The van der Waals surface area contributed by atoms with Gasteiger partial charge in [-0.3, -0.25) is 4.79 Å². The Morgan fingerprint density at radius 2 is 1.70 bits per heavy atom. The topological polar surface area (TPSA) is 87.0 Å². The molecule has 3 atom stereocenters. The van der Waals surface area contributed by atoms with Gasteiger partial charge in [0.1, 0.15) is 0 Å². The molecule has 170 valence electrons. The van der Waals surface area contributed by atoms with E-state index in [0.717, 1.165) is 30.4 Å². The van der Waals surface area contributed by atoms with Crippen molar-refractivity contribution in [3.8, 4) is 0 Å². The van der Waals surface area contributed by atoms with Gasteiger partial charge in [-0.1, -0.05) is 82.2 Å². The Bertz CT molecular complexity index is 613. The lowest BCUT2D eigenvalue weighted by molar-refractivity contribution is -0.140. The fraction of sp³-hybridized carbons (Fsp3) is 0.640. The summed E-state index contributed by atoms with van der Waals surface area (Å²) in [6.07, 6.45) is 11.2. The molecule has 0 unspecified atom stereocenters. The largest absolute Gasteiger partial charge is 0.469 e. The van der Waals surface area contributed by atoms with E-state index >= 15 is 0 Å². The van der Waals surface area contributed by atoms with Crippen LogP contribution in [0.4, 0.5) is 0 Å². The van der Waals surface area contributed by atoms with Gasteiger partial charge in [0.05, 0.1) is 25.4 Å². The summed E-state index contributed by atoms with van der Waals surface area (Å²) in [4.78, 5) is 11.1. The maximum Gasteiger partial charge on any atom is 0.305 e. The van der Waals surface area contributed by atoms with E-state index in [9.17, 15) is 20.1 Å².